The summed E-state index contributed by atoms with van der Waals surface area (Å²) in [6.07, 6.45) is 6.58. The van der Waals surface area contributed by atoms with E-state index in [1.165, 1.54) is 17.5 Å². The summed E-state index contributed by atoms with van der Waals surface area (Å²) in [4.78, 5) is 30.5. The van der Waals surface area contributed by atoms with Crippen molar-refractivity contribution >= 4 is 0 Å². The maximum absolute atomic E-state index is 12.6. The minimum atomic E-state index is -0.0673. The van der Waals surface area contributed by atoms with Gasteiger partial charge in [0.2, 0.25) is 0 Å². The lowest BCUT2D eigenvalue weighted by molar-refractivity contribution is 0.241. The maximum Gasteiger partial charge on any atom is 0.255 e. The summed E-state index contributed by atoms with van der Waals surface area (Å²) in [6.45, 7) is 4.55. The largest absolute Gasteiger partial charge is 0.306 e. The van der Waals surface area contributed by atoms with Gasteiger partial charge in [0.25, 0.3) is 5.56 Å². The van der Waals surface area contributed by atoms with Crippen LogP contribution in [0.2, 0.25) is 0 Å². The van der Waals surface area contributed by atoms with E-state index in [-0.39, 0.29) is 5.56 Å². The average Bonchev–Trinajstić information content (AvgIpc) is 2.69. The van der Waals surface area contributed by atoms with Gasteiger partial charge in [-0.3, -0.25) is 9.69 Å². The highest BCUT2D eigenvalue weighted by atomic mass is 16.1. The fourth-order valence-corrected chi connectivity index (χ4v) is 3.47. The summed E-state index contributed by atoms with van der Waals surface area (Å²) in [5.74, 6) is 0.541. The zero-order valence-corrected chi connectivity index (χ0v) is 14.8. The highest BCUT2D eigenvalue weighted by molar-refractivity contribution is 5.52. The van der Waals surface area contributed by atoms with Gasteiger partial charge in [0.05, 0.1) is 16.8 Å². The number of benzene rings is 1. The van der Waals surface area contributed by atoms with E-state index in [2.05, 4.69) is 56.0 Å². The molecule has 4 rings (SSSR count). The molecule has 0 amide bonds. The van der Waals surface area contributed by atoms with Gasteiger partial charge < -0.3 is 4.98 Å². The molecule has 2 aromatic heterocycles. The van der Waals surface area contributed by atoms with E-state index in [0.717, 1.165) is 42.8 Å². The van der Waals surface area contributed by atoms with Crippen LogP contribution in [0.1, 0.15) is 29.3 Å². The number of fused-ring (bicyclic) bond motifs is 1. The molecule has 0 saturated carbocycles. The van der Waals surface area contributed by atoms with Gasteiger partial charge in [-0.2, -0.15) is 0 Å². The summed E-state index contributed by atoms with van der Waals surface area (Å²) >= 11 is 0. The smallest absolute Gasteiger partial charge is 0.255 e. The number of nitrogens with zero attached hydrogens (tertiary/aromatic N) is 4. The van der Waals surface area contributed by atoms with Crippen LogP contribution in [0.4, 0.5) is 0 Å². The van der Waals surface area contributed by atoms with Crippen molar-refractivity contribution in [3.63, 3.8) is 0 Å². The molecule has 0 bridgehead atoms. The Morgan fingerprint density at radius 1 is 1.15 bits per heavy atom. The molecule has 0 fully saturated rings. The van der Waals surface area contributed by atoms with Gasteiger partial charge in [-0.05, 0) is 17.5 Å². The van der Waals surface area contributed by atoms with Crippen molar-refractivity contribution in [2.45, 2.75) is 32.9 Å². The van der Waals surface area contributed by atoms with Gasteiger partial charge in [-0.1, -0.05) is 31.2 Å². The molecule has 0 spiro atoms. The number of H-pyrrole nitrogens is 1. The third-order valence-electron chi connectivity index (χ3n) is 4.87. The van der Waals surface area contributed by atoms with Crippen LogP contribution in [0.15, 0.2) is 47.8 Å². The zero-order valence-electron chi connectivity index (χ0n) is 14.8. The summed E-state index contributed by atoms with van der Waals surface area (Å²) in [7, 11) is 0. The number of aromatic amines is 1. The summed E-state index contributed by atoms with van der Waals surface area (Å²) in [6, 6.07) is 8.51. The third kappa shape index (κ3) is 3.28. The molecule has 132 valence electrons. The van der Waals surface area contributed by atoms with E-state index in [1.54, 1.807) is 12.4 Å². The molecule has 0 unspecified atom stereocenters. The predicted molar refractivity (Wildman–Crippen MR) is 99.5 cm³/mol. The molecule has 3 aromatic rings. The number of hydrogen-bond donors (Lipinski definition) is 1. The van der Waals surface area contributed by atoms with Crippen LogP contribution in [-0.4, -0.2) is 31.4 Å². The number of aryl methyl sites for hydroxylation is 1. The molecule has 1 N–H and O–H groups in total. The van der Waals surface area contributed by atoms with Gasteiger partial charge >= 0.3 is 0 Å². The fraction of sp³-hybridized carbons (Fsp3) is 0.300. The second-order valence-corrected chi connectivity index (χ2v) is 6.55. The molecule has 6 nitrogen and oxygen atoms in total. The molecule has 26 heavy (non-hydrogen) atoms. The van der Waals surface area contributed by atoms with Crippen LogP contribution >= 0.6 is 0 Å². The Balaban J connectivity index is 1.59. The van der Waals surface area contributed by atoms with Crippen LogP contribution in [0.5, 0.6) is 0 Å². The standard InChI is InChI=1S/C20H21N5O/c1-2-14-5-3-4-6-15(14)11-25-8-7-18-17(12-25)20(26)24-19(23-18)16-9-21-13-22-10-16/h3-6,9-10,13H,2,7-8,11-12H2,1H3,(H,23,24,26). The van der Waals surface area contributed by atoms with Crippen LogP contribution in [-0.2, 0) is 25.9 Å². The van der Waals surface area contributed by atoms with Crippen molar-refractivity contribution in [2.24, 2.45) is 0 Å². The topological polar surface area (TPSA) is 74.8 Å². The number of hydrogen-bond acceptors (Lipinski definition) is 5. The van der Waals surface area contributed by atoms with Crippen LogP contribution < -0.4 is 5.56 Å². The highest BCUT2D eigenvalue weighted by Gasteiger charge is 2.22. The second kappa shape index (κ2) is 7.17. The van der Waals surface area contributed by atoms with E-state index < -0.39 is 0 Å². The summed E-state index contributed by atoms with van der Waals surface area (Å²) < 4.78 is 0. The second-order valence-electron chi connectivity index (χ2n) is 6.55. The van der Waals surface area contributed by atoms with Crippen molar-refractivity contribution in [3.8, 4) is 11.4 Å². The van der Waals surface area contributed by atoms with Crippen LogP contribution in [0.3, 0.4) is 0 Å². The number of rotatable bonds is 4. The Kier molecular flexibility index (Phi) is 4.58. The molecule has 0 atom stereocenters. The molecule has 3 heterocycles. The maximum atomic E-state index is 12.6. The van der Waals surface area contributed by atoms with Crippen LogP contribution in [0, 0.1) is 0 Å². The van der Waals surface area contributed by atoms with Gasteiger partial charge in [0, 0.05) is 38.4 Å². The lowest BCUT2D eigenvalue weighted by atomic mass is 10.0. The van der Waals surface area contributed by atoms with E-state index in [4.69, 9.17) is 0 Å². The van der Waals surface area contributed by atoms with Gasteiger partial charge in [0.1, 0.15) is 12.2 Å². The van der Waals surface area contributed by atoms with Gasteiger partial charge in [-0.15, -0.1) is 0 Å². The fourth-order valence-electron chi connectivity index (χ4n) is 3.47. The zero-order chi connectivity index (χ0) is 17.9. The highest BCUT2D eigenvalue weighted by Crippen LogP contribution is 2.20. The van der Waals surface area contributed by atoms with E-state index in [0.29, 0.717) is 12.4 Å². The van der Waals surface area contributed by atoms with Crippen molar-refractivity contribution in [3.05, 3.63) is 75.7 Å². The Hall–Kier alpha value is -2.86. The Labute approximate surface area is 152 Å². The molecule has 0 radical (unpaired) electrons. The van der Waals surface area contributed by atoms with Crippen molar-refractivity contribution in [2.75, 3.05) is 6.54 Å². The van der Waals surface area contributed by atoms with E-state index in [9.17, 15) is 4.79 Å². The molecule has 6 heteroatoms. The van der Waals surface area contributed by atoms with Crippen molar-refractivity contribution in [1.82, 2.24) is 24.8 Å². The Morgan fingerprint density at radius 3 is 2.69 bits per heavy atom. The number of aromatic nitrogens is 4. The lowest BCUT2D eigenvalue weighted by Crippen LogP contribution is -2.35. The minimum Gasteiger partial charge on any atom is -0.306 e. The monoisotopic (exact) mass is 347 g/mol. The summed E-state index contributed by atoms with van der Waals surface area (Å²) in [5, 5.41) is 0. The first kappa shape index (κ1) is 16.6. The first-order valence-corrected chi connectivity index (χ1v) is 8.91. The van der Waals surface area contributed by atoms with E-state index >= 15 is 0 Å². The first-order chi connectivity index (χ1) is 12.7. The normalized spacial score (nSPS) is 14.2. The van der Waals surface area contributed by atoms with Crippen molar-refractivity contribution in [1.29, 1.82) is 0 Å². The minimum absolute atomic E-state index is 0.0673. The Bertz CT molecular complexity index is 967. The van der Waals surface area contributed by atoms with Gasteiger partial charge in [0.15, 0.2) is 0 Å². The quantitative estimate of drug-likeness (QED) is 0.784. The molecule has 0 aliphatic carbocycles. The molecular formula is C20H21N5O. The summed E-state index contributed by atoms with van der Waals surface area (Å²) in [5.41, 5.74) is 5.01. The third-order valence-corrected chi connectivity index (χ3v) is 4.87. The molecular weight excluding hydrogens is 326 g/mol. The molecule has 1 aromatic carbocycles. The number of nitrogens with one attached hydrogen (secondary N) is 1. The first-order valence-electron chi connectivity index (χ1n) is 8.91. The average molecular weight is 347 g/mol. The van der Waals surface area contributed by atoms with Crippen molar-refractivity contribution < 1.29 is 0 Å². The van der Waals surface area contributed by atoms with E-state index in [1.807, 2.05) is 0 Å². The van der Waals surface area contributed by atoms with Crippen LogP contribution in [0.25, 0.3) is 11.4 Å². The van der Waals surface area contributed by atoms with Gasteiger partial charge in [-0.25, -0.2) is 15.0 Å². The molecule has 1 aliphatic heterocycles. The molecule has 1 aliphatic rings. The molecule has 0 saturated heterocycles. The predicted octanol–water partition coefficient (Wildman–Crippen LogP) is 2.35. The Morgan fingerprint density at radius 2 is 1.92 bits per heavy atom. The lowest BCUT2D eigenvalue weighted by Gasteiger charge is -2.28. The SMILES string of the molecule is CCc1ccccc1CN1CCc2nc(-c3cncnc3)[nH]c(=O)c2C1.